The van der Waals surface area contributed by atoms with Gasteiger partial charge < -0.3 is 10.2 Å². The maximum absolute atomic E-state index is 12.9. The number of piperazine rings is 1. The molecule has 168 valence electrons. The number of hydrogen-bond acceptors (Lipinski definition) is 6. The number of likely N-dealkylation sites (N-methyl/N-ethyl adjacent to an activating group) is 1. The number of aromatic nitrogens is 2. The first kappa shape index (κ1) is 22.5. The Balaban J connectivity index is 1.47. The van der Waals surface area contributed by atoms with E-state index in [0.717, 1.165) is 10.8 Å². The first-order valence-electron chi connectivity index (χ1n) is 10.2. The molecule has 0 bridgehead atoms. The second-order valence-corrected chi connectivity index (χ2v) is 10.2. The molecule has 1 aromatic heterocycles. The summed E-state index contributed by atoms with van der Waals surface area (Å²) in [5.41, 5.74) is 1.87. The SMILES string of the molecule is CSc1nccn1-c1cccc(C(=O)Nc2ccc(S(=O)(=O)N3CCN(C)CC3)cc2)c1. The summed E-state index contributed by atoms with van der Waals surface area (Å²) in [4.78, 5) is 19.4. The zero-order chi connectivity index (χ0) is 22.7. The molecule has 0 spiro atoms. The second kappa shape index (κ2) is 9.45. The van der Waals surface area contributed by atoms with Gasteiger partial charge in [0.25, 0.3) is 5.91 Å². The van der Waals surface area contributed by atoms with E-state index in [0.29, 0.717) is 37.4 Å². The molecule has 8 nitrogen and oxygen atoms in total. The van der Waals surface area contributed by atoms with Crippen LogP contribution in [0.5, 0.6) is 0 Å². The molecule has 1 aliphatic heterocycles. The van der Waals surface area contributed by atoms with Crippen LogP contribution in [0.1, 0.15) is 10.4 Å². The fourth-order valence-electron chi connectivity index (χ4n) is 3.53. The molecular formula is C22H25N5O3S2. The van der Waals surface area contributed by atoms with Crippen molar-refractivity contribution >= 4 is 33.4 Å². The van der Waals surface area contributed by atoms with Crippen molar-refractivity contribution < 1.29 is 13.2 Å². The van der Waals surface area contributed by atoms with E-state index in [9.17, 15) is 13.2 Å². The Hall–Kier alpha value is -2.66. The molecule has 0 saturated carbocycles. The highest BCUT2D eigenvalue weighted by atomic mass is 32.2. The zero-order valence-electron chi connectivity index (χ0n) is 17.9. The molecule has 1 saturated heterocycles. The van der Waals surface area contributed by atoms with Crippen molar-refractivity contribution in [3.05, 3.63) is 66.5 Å². The van der Waals surface area contributed by atoms with Gasteiger partial charge in [-0.05, 0) is 55.8 Å². The zero-order valence-corrected chi connectivity index (χ0v) is 19.6. The summed E-state index contributed by atoms with van der Waals surface area (Å²) in [5.74, 6) is -0.271. The average Bonchev–Trinajstić information content (AvgIpc) is 3.29. The second-order valence-electron chi connectivity index (χ2n) is 7.52. The summed E-state index contributed by atoms with van der Waals surface area (Å²) in [6.07, 6.45) is 5.52. The van der Waals surface area contributed by atoms with Crippen LogP contribution in [0.25, 0.3) is 5.69 Å². The molecule has 2 heterocycles. The van der Waals surface area contributed by atoms with Gasteiger partial charge >= 0.3 is 0 Å². The van der Waals surface area contributed by atoms with E-state index in [4.69, 9.17) is 0 Å². The highest BCUT2D eigenvalue weighted by Crippen LogP contribution is 2.22. The highest BCUT2D eigenvalue weighted by Gasteiger charge is 2.27. The van der Waals surface area contributed by atoms with Crippen LogP contribution in [0.2, 0.25) is 0 Å². The molecule has 3 aromatic rings. The lowest BCUT2D eigenvalue weighted by Crippen LogP contribution is -2.46. The monoisotopic (exact) mass is 471 g/mol. The number of benzene rings is 2. The number of sulfonamides is 1. The lowest BCUT2D eigenvalue weighted by molar-refractivity contribution is 0.102. The molecule has 10 heteroatoms. The van der Waals surface area contributed by atoms with Crippen LogP contribution in [0.4, 0.5) is 5.69 Å². The molecule has 0 atom stereocenters. The van der Waals surface area contributed by atoms with Gasteiger partial charge in [0.05, 0.1) is 4.90 Å². The Morgan fingerprint density at radius 2 is 1.78 bits per heavy atom. The molecule has 1 N–H and O–H groups in total. The Morgan fingerprint density at radius 1 is 1.06 bits per heavy atom. The Labute approximate surface area is 192 Å². The van der Waals surface area contributed by atoms with Crippen molar-refractivity contribution in [2.75, 3.05) is 44.8 Å². The summed E-state index contributed by atoms with van der Waals surface area (Å²) in [6, 6.07) is 13.6. The van der Waals surface area contributed by atoms with Gasteiger partial charge in [-0.15, -0.1) is 0 Å². The molecule has 32 heavy (non-hydrogen) atoms. The number of carbonyl (C=O) groups excluding carboxylic acids is 1. The summed E-state index contributed by atoms with van der Waals surface area (Å²) in [6.45, 7) is 2.37. The molecule has 0 aliphatic carbocycles. The minimum absolute atomic E-state index is 0.228. The van der Waals surface area contributed by atoms with Crippen molar-refractivity contribution in [2.45, 2.75) is 10.1 Å². The number of hydrogen-bond donors (Lipinski definition) is 1. The number of imidazole rings is 1. The number of thioether (sulfide) groups is 1. The van der Waals surface area contributed by atoms with E-state index in [1.807, 2.05) is 36.2 Å². The van der Waals surface area contributed by atoms with Gasteiger partial charge in [0.2, 0.25) is 10.0 Å². The number of nitrogens with one attached hydrogen (secondary N) is 1. The number of nitrogens with zero attached hydrogens (tertiary/aromatic N) is 4. The van der Waals surface area contributed by atoms with E-state index in [1.54, 1.807) is 30.5 Å². The maximum Gasteiger partial charge on any atom is 0.255 e. The lowest BCUT2D eigenvalue weighted by atomic mass is 10.2. The van der Waals surface area contributed by atoms with Crippen molar-refractivity contribution in [3.63, 3.8) is 0 Å². The minimum Gasteiger partial charge on any atom is -0.322 e. The largest absolute Gasteiger partial charge is 0.322 e. The summed E-state index contributed by atoms with van der Waals surface area (Å²) < 4.78 is 29.1. The predicted molar refractivity (Wildman–Crippen MR) is 126 cm³/mol. The van der Waals surface area contributed by atoms with E-state index >= 15 is 0 Å². The molecule has 1 aliphatic rings. The van der Waals surface area contributed by atoms with Crippen molar-refractivity contribution in [3.8, 4) is 5.69 Å². The summed E-state index contributed by atoms with van der Waals surface area (Å²) in [7, 11) is -1.56. The Bertz CT molecular complexity index is 1200. The summed E-state index contributed by atoms with van der Waals surface area (Å²) >= 11 is 1.52. The number of anilines is 1. The van der Waals surface area contributed by atoms with Gasteiger partial charge in [-0.1, -0.05) is 17.8 Å². The Kier molecular flexibility index (Phi) is 6.66. The predicted octanol–water partition coefficient (Wildman–Crippen LogP) is 2.78. The molecule has 2 aromatic carbocycles. The van der Waals surface area contributed by atoms with E-state index in [-0.39, 0.29) is 10.8 Å². The number of carbonyl (C=O) groups is 1. The van der Waals surface area contributed by atoms with Crippen LogP contribution >= 0.6 is 11.8 Å². The smallest absolute Gasteiger partial charge is 0.255 e. The van der Waals surface area contributed by atoms with Crippen molar-refractivity contribution in [1.82, 2.24) is 18.8 Å². The topological polar surface area (TPSA) is 87.5 Å². The van der Waals surface area contributed by atoms with Gasteiger partial charge in [-0.3, -0.25) is 9.36 Å². The van der Waals surface area contributed by atoms with Crippen LogP contribution in [0, 0.1) is 0 Å². The number of rotatable bonds is 6. The molecule has 0 unspecified atom stereocenters. The van der Waals surface area contributed by atoms with Crippen molar-refractivity contribution in [1.29, 1.82) is 0 Å². The standard InChI is InChI=1S/C22H25N5O3S2/c1-25-12-14-26(15-13-25)32(29,30)20-8-6-18(7-9-20)24-21(28)17-4-3-5-19(16-17)27-11-10-23-22(27)31-2/h3-11,16H,12-15H2,1-2H3,(H,24,28). The third kappa shape index (κ3) is 4.73. The minimum atomic E-state index is -3.54. The Morgan fingerprint density at radius 3 is 2.47 bits per heavy atom. The number of amides is 1. The van der Waals surface area contributed by atoms with Crippen LogP contribution in [0.3, 0.4) is 0 Å². The van der Waals surface area contributed by atoms with Gasteiger partial charge in [-0.25, -0.2) is 13.4 Å². The van der Waals surface area contributed by atoms with Gasteiger partial charge in [0.15, 0.2) is 5.16 Å². The molecular weight excluding hydrogens is 446 g/mol. The fraction of sp³-hybridized carbons (Fsp3) is 0.273. The highest BCUT2D eigenvalue weighted by molar-refractivity contribution is 7.98. The average molecular weight is 472 g/mol. The lowest BCUT2D eigenvalue weighted by Gasteiger charge is -2.31. The summed E-state index contributed by atoms with van der Waals surface area (Å²) in [5, 5.41) is 3.67. The van der Waals surface area contributed by atoms with Crippen molar-refractivity contribution in [2.24, 2.45) is 0 Å². The third-order valence-corrected chi connectivity index (χ3v) is 7.97. The normalized spacial score (nSPS) is 15.6. The first-order valence-corrected chi connectivity index (χ1v) is 12.8. The molecule has 0 radical (unpaired) electrons. The molecule has 1 fully saturated rings. The third-order valence-electron chi connectivity index (χ3n) is 5.39. The maximum atomic E-state index is 12.9. The molecule has 4 rings (SSSR count). The quantitative estimate of drug-likeness (QED) is 0.557. The van der Waals surface area contributed by atoms with E-state index in [2.05, 4.69) is 15.2 Å². The van der Waals surface area contributed by atoms with Crippen LogP contribution in [-0.2, 0) is 10.0 Å². The van der Waals surface area contributed by atoms with Gasteiger partial charge in [0, 0.05) is 55.5 Å². The van der Waals surface area contributed by atoms with Crippen LogP contribution in [-0.4, -0.2) is 72.6 Å². The van der Waals surface area contributed by atoms with Crippen LogP contribution in [0.15, 0.2) is 71.0 Å². The van der Waals surface area contributed by atoms with Gasteiger partial charge in [-0.2, -0.15) is 4.31 Å². The first-order chi connectivity index (χ1) is 15.4. The van der Waals surface area contributed by atoms with Crippen LogP contribution < -0.4 is 5.32 Å². The fourth-order valence-corrected chi connectivity index (χ4v) is 5.48. The van der Waals surface area contributed by atoms with E-state index < -0.39 is 10.0 Å². The van der Waals surface area contributed by atoms with Gasteiger partial charge in [0.1, 0.15) is 0 Å². The molecule has 1 amide bonds. The van der Waals surface area contributed by atoms with E-state index in [1.165, 1.54) is 28.2 Å².